The molecule has 0 atom stereocenters. The number of nitrogens with zero attached hydrogens (tertiary/aromatic N) is 3. The number of hydrogen-bond donors (Lipinski definition) is 0. The summed E-state index contributed by atoms with van der Waals surface area (Å²) in [4.78, 5) is 12.9. The average Bonchev–Trinajstić information content (AvgIpc) is 2.28. The molecule has 0 aromatic heterocycles. The third kappa shape index (κ3) is 4.54. The van der Waals surface area contributed by atoms with Gasteiger partial charge in [0.15, 0.2) is 6.73 Å². The maximum absolute atomic E-state index is 10.3. The van der Waals surface area contributed by atoms with Crippen molar-refractivity contribution in [3.63, 3.8) is 0 Å². The average molecular weight is 242 g/mol. The van der Waals surface area contributed by atoms with Crippen LogP contribution in [0.2, 0.25) is 0 Å². The summed E-state index contributed by atoms with van der Waals surface area (Å²) in [6.45, 7) is 0.0471. The monoisotopic (exact) mass is 241 g/mol. The zero-order valence-electron chi connectivity index (χ0n) is 8.17. The van der Waals surface area contributed by atoms with E-state index in [0.717, 1.165) is 5.56 Å². The molecule has 1 aromatic carbocycles. The van der Waals surface area contributed by atoms with Crippen LogP contribution in [0.15, 0.2) is 29.4 Å². The number of ether oxygens (including phenoxy) is 2. The molecule has 7 heteroatoms. The standard InChI is InChI=1S/C9H8ClN3O3/c10-9(14)15-5-7-1-3-8(4-2-7)16-6-12-13-11/h1-4H,5-6H2. The zero-order chi connectivity index (χ0) is 11.8. The topological polar surface area (TPSA) is 84.3 Å². The minimum absolute atomic E-state index is 0.0630. The molecule has 1 rings (SSSR count). The fraction of sp³-hybridized carbons (Fsp3) is 0.222. The predicted octanol–water partition coefficient (Wildman–Crippen LogP) is 3.21. The van der Waals surface area contributed by atoms with Gasteiger partial charge in [-0.25, -0.2) is 4.79 Å². The Bertz CT molecular complexity index is 376. The second-order valence-corrected chi connectivity index (χ2v) is 2.98. The largest absolute Gasteiger partial charge is 0.488 e. The second kappa shape index (κ2) is 6.55. The Labute approximate surface area is 96.4 Å². The Kier molecular flexibility index (Phi) is 4.98. The molecule has 6 nitrogen and oxygen atoms in total. The number of halogens is 1. The van der Waals surface area contributed by atoms with Gasteiger partial charge in [0, 0.05) is 16.5 Å². The summed E-state index contributed by atoms with van der Waals surface area (Å²) in [6.07, 6.45) is 0. The summed E-state index contributed by atoms with van der Waals surface area (Å²) in [5, 5.41) is 3.22. The van der Waals surface area contributed by atoms with E-state index in [2.05, 4.69) is 14.8 Å². The van der Waals surface area contributed by atoms with Gasteiger partial charge < -0.3 is 9.47 Å². The van der Waals surface area contributed by atoms with Crippen LogP contribution in [0.4, 0.5) is 4.79 Å². The number of carbonyl (C=O) groups excluding carboxylic acids is 1. The van der Waals surface area contributed by atoms with Crippen molar-refractivity contribution in [3.8, 4) is 5.75 Å². The lowest BCUT2D eigenvalue weighted by molar-refractivity contribution is 0.167. The lowest BCUT2D eigenvalue weighted by Gasteiger charge is -2.04. The van der Waals surface area contributed by atoms with Gasteiger partial charge in [0.05, 0.1) is 0 Å². The highest BCUT2D eigenvalue weighted by atomic mass is 35.5. The van der Waals surface area contributed by atoms with Gasteiger partial charge in [-0.05, 0) is 23.2 Å². The molecule has 0 aliphatic heterocycles. The van der Waals surface area contributed by atoms with Crippen LogP contribution in [0.25, 0.3) is 10.4 Å². The molecule has 0 amide bonds. The first kappa shape index (κ1) is 12.2. The van der Waals surface area contributed by atoms with Gasteiger partial charge in [0.2, 0.25) is 0 Å². The molecule has 1 aromatic rings. The Morgan fingerprint density at radius 3 is 2.69 bits per heavy atom. The first-order valence-corrected chi connectivity index (χ1v) is 4.65. The fourth-order valence-electron chi connectivity index (χ4n) is 0.951. The quantitative estimate of drug-likeness (QED) is 0.343. The molecule has 0 N–H and O–H groups in total. The molecule has 0 saturated heterocycles. The summed E-state index contributed by atoms with van der Waals surface area (Å²) in [7, 11) is 0. The SMILES string of the molecule is [N-]=[N+]=NCOc1ccc(COC(=O)Cl)cc1. The van der Waals surface area contributed by atoms with Crippen molar-refractivity contribution >= 4 is 17.0 Å². The summed E-state index contributed by atoms with van der Waals surface area (Å²) in [5.74, 6) is 0.563. The van der Waals surface area contributed by atoms with Gasteiger partial charge in [-0.2, -0.15) is 0 Å². The normalized spacial score (nSPS) is 9.06. The first-order chi connectivity index (χ1) is 7.72. The lowest BCUT2D eigenvalue weighted by Crippen LogP contribution is -1.96. The van der Waals surface area contributed by atoms with Crippen molar-refractivity contribution in [3.05, 3.63) is 40.3 Å². The van der Waals surface area contributed by atoms with Gasteiger partial charge in [0.1, 0.15) is 12.4 Å². The maximum atomic E-state index is 10.3. The Balaban J connectivity index is 2.47. The third-order valence-electron chi connectivity index (χ3n) is 1.63. The lowest BCUT2D eigenvalue weighted by atomic mass is 10.2. The van der Waals surface area contributed by atoms with Gasteiger partial charge >= 0.3 is 5.43 Å². The van der Waals surface area contributed by atoms with Crippen LogP contribution in [0.3, 0.4) is 0 Å². The van der Waals surface area contributed by atoms with Crippen molar-refractivity contribution in [2.75, 3.05) is 6.73 Å². The highest BCUT2D eigenvalue weighted by molar-refractivity contribution is 6.61. The molecule has 84 valence electrons. The van der Waals surface area contributed by atoms with Gasteiger partial charge in [-0.15, -0.1) is 0 Å². The summed E-state index contributed by atoms with van der Waals surface area (Å²) in [6, 6.07) is 6.77. The van der Waals surface area contributed by atoms with Crippen molar-refractivity contribution in [2.45, 2.75) is 6.61 Å². The molecule has 0 spiro atoms. The molecular formula is C9H8ClN3O3. The van der Waals surface area contributed by atoms with Crippen molar-refractivity contribution < 1.29 is 14.3 Å². The summed E-state index contributed by atoms with van der Waals surface area (Å²) < 4.78 is 9.66. The van der Waals surface area contributed by atoms with Crippen LogP contribution in [0, 0.1) is 0 Å². The molecule has 0 aliphatic carbocycles. The molecule has 0 saturated carbocycles. The van der Waals surface area contributed by atoms with E-state index in [1.54, 1.807) is 24.3 Å². The number of carbonyl (C=O) groups is 1. The van der Waals surface area contributed by atoms with Gasteiger partial charge in [-0.1, -0.05) is 17.2 Å². The van der Waals surface area contributed by atoms with Crippen LogP contribution in [0.5, 0.6) is 5.75 Å². The zero-order valence-corrected chi connectivity index (χ0v) is 8.92. The van der Waals surface area contributed by atoms with E-state index in [1.807, 2.05) is 0 Å². The summed E-state index contributed by atoms with van der Waals surface area (Å²) in [5.41, 5.74) is 7.97. The highest BCUT2D eigenvalue weighted by Gasteiger charge is 1.98. The van der Waals surface area contributed by atoms with E-state index in [9.17, 15) is 4.79 Å². The van der Waals surface area contributed by atoms with Crippen LogP contribution >= 0.6 is 11.6 Å². The predicted molar refractivity (Wildman–Crippen MR) is 57.1 cm³/mol. The number of rotatable bonds is 5. The van der Waals surface area contributed by atoms with E-state index in [0.29, 0.717) is 5.75 Å². The maximum Gasteiger partial charge on any atom is 0.404 e. The van der Waals surface area contributed by atoms with E-state index in [4.69, 9.17) is 21.9 Å². The van der Waals surface area contributed by atoms with Crippen molar-refractivity contribution in [1.82, 2.24) is 0 Å². The molecular weight excluding hydrogens is 234 g/mol. The minimum Gasteiger partial charge on any atom is -0.488 e. The molecule has 0 aliphatic rings. The molecule has 0 fully saturated rings. The Morgan fingerprint density at radius 2 is 2.12 bits per heavy atom. The Hall–Kier alpha value is -1.91. The van der Waals surface area contributed by atoms with Crippen LogP contribution in [-0.2, 0) is 11.3 Å². The van der Waals surface area contributed by atoms with Gasteiger partial charge in [-0.3, -0.25) is 0 Å². The van der Waals surface area contributed by atoms with E-state index < -0.39 is 5.43 Å². The fourth-order valence-corrected chi connectivity index (χ4v) is 1.01. The van der Waals surface area contributed by atoms with E-state index in [-0.39, 0.29) is 13.3 Å². The smallest absolute Gasteiger partial charge is 0.404 e. The highest BCUT2D eigenvalue weighted by Crippen LogP contribution is 2.13. The summed E-state index contributed by atoms with van der Waals surface area (Å²) >= 11 is 5.01. The number of benzene rings is 1. The van der Waals surface area contributed by atoms with E-state index >= 15 is 0 Å². The third-order valence-corrected chi connectivity index (χ3v) is 1.74. The number of azide groups is 1. The minimum atomic E-state index is -0.844. The Morgan fingerprint density at radius 1 is 1.44 bits per heavy atom. The molecule has 0 heterocycles. The van der Waals surface area contributed by atoms with E-state index in [1.165, 1.54) is 0 Å². The van der Waals surface area contributed by atoms with Crippen LogP contribution < -0.4 is 4.74 Å². The second-order valence-electron chi connectivity index (χ2n) is 2.67. The van der Waals surface area contributed by atoms with Crippen LogP contribution in [0.1, 0.15) is 5.56 Å². The molecule has 16 heavy (non-hydrogen) atoms. The van der Waals surface area contributed by atoms with Crippen molar-refractivity contribution in [2.24, 2.45) is 5.11 Å². The molecule has 0 bridgehead atoms. The first-order valence-electron chi connectivity index (χ1n) is 4.27. The van der Waals surface area contributed by atoms with Crippen LogP contribution in [-0.4, -0.2) is 12.2 Å². The van der Waals surface area contributed by atoms with Crippen molar-refractivity contribution in [1.29, 1.82) is 0 Å². The molecule has 0 unspecified atom stereocenters. The molecule has 0 radical (unpaired) electrons. The number of hydrogen-bond acceptors (Lipinski definition) is 4. The van der Waals surface area contributed by atoms with Gasteiger partial charge in [0.25, 0.3) is 0 Å².